The summed E-state index contributed by atoms with van der Waals surface area (Å²) in [5.41, 5.74) is 1.21. The van der Waals surface area contributed by atoms with Crippen LogP contribution in [0, 0.1) is 11.8 Å². The number of aromatic nitrogens is 1. The zero-order valence-corrected chi connectivity index (χ0v) is 13.7. The van der Waals surface area contributed by atoms with Gasteiger partial charge in [-0.25, -0.2) is 0 Å². The van der Waals surface area contributed by atoms with Crippen LogP contribution in [0.25, 0.3) is 0 Å². The van der Waals surface area contributed by atoms with Gasteiger partial charge in [-0.05, 0) is 29.9 Å². The fraction of sp³-hybridized carbons (Fsp3) is 0.667. The van der Waals surface area contributed by atoms with Gasteiger partial charge in [0, 0.05) is 50.5 Å². The molecule has 5 nitrogen and oxygen atoms in total. The Morgan fingerprint density at radius 2 is 2.13 bits per heavy atom. The van der Waals surface area contributed by atoms with Gasteiger partial charge in [0.1, 0.15) is 0 Å². The van der Waals surface area contributed by atoms with E-state index in [2.05, 4.69) is 27.8 Å². The Morgan fingerprint density at radius 3 is 2.87 bits per heavy atom. The first kappa shape index (κ1) is 15.1. The standard InChI is InChI=1S/C18H25N3O2/c1-13-11-21(12-17(13)20-5-7-23-8-6-20)18(22)16-9-15(16)14-3-2-4-19-10-14/h2-4,10,13,15-17H,5-9,11-12H2,1H3/t13-,15-,16-,17+/m1/s1. The number of carbonyl (C=O) groups excluding carboxylic acids is 1. The average molecular weight is 315 g/mol. The van der Waals surface area contributed by atoms with E-state index < -0.39 is 0 Å². The third-order valence-electron chi connectivity index (χ3n) is 5.62. The summed E-state index contributed by atoms with van der Waals surface area (Å²) in [6.45, 7) is 7.70. The molecule has 124 valence electrons. The summed E-state index contributed by atoms with van der Waals surface area (Å²) >= 11 is 0. The van der Waals surface area contributed by atoms with Gasteiger partial charge in [-0.15, -0.1) is 0 Å². The molecule has 0 bridgehead atoms. The monoisotopic (exact) mass is 315 g/mol. The Morgan fingerprint density at radius 1 is 1.30 bits per heavy atom. The van der Waals surface area contributed by atoms with Crippen LogP contribution in [0.2, 0.25) is 0 Å². The fourth-order valence-electron chi connectivity index (χ4n) is 4.18. The lowest BCUT2D eigenvalue weighted by atomic mass is 10.0. The molecule has 0 radical (unpaired) electrons. The van der Waals surface area contributed by atoms with Gasteiger partial charge in [0.05, 0.1) is 13.2 Å². The van der Waals surface area contributed by atoms with Gasteiger partial charge >= 0.3 is 0 Å². The molecule has 4 rings (SSSR count). The maximum absolute atomic E-state index is 12.8. The summed E-state index contributed by atoms with van der Waals surface area (Å²) in [6, 6.07) is 4.55. The molecule has 2 aliphatic heterocycles. The van der Waals surface area contributed by atoms with Crippen LogP contribution in [0.4, 0.5) is 0 Å². The molecule has 3 aliphatic rings. The van der Waals surface area contributed by atoms with Crippen molar-refractivity contribution in [1.82, 2.24) is 14.8 Å². The molecule has 1 aliphatic carbocycles. The lowest BCUT2D eigenvalue weighted by molar-refractivity contribution is -0.131. The van der Waals surface area contributed by atoms with Gasteiger partial charge in [0.2, 0.25) is 5.91 Å². The molecule has 23 heavy (non-hydrogen) atoms. The third-order valence-corrected chi connectivity index (χ3v) is 5.62. The highest BCUT2D eigenvalue weighted by Crippen LogP contribution is 2.48. The van der Waals surface area contributed by atoms with E-state index in [1.807, 2.05) is 12.3 Å². The lowest BCUT2D eigenvalue weighted by Gasteiger charge is -2.34. The van der Waals surface area contributed by atoms with Crippen molar-refractivity contribution in [2.75, 3.05) is 39.4 Å². The van der Waals surface area contributed by atoms with Crippen molar-refractivity contribution in [3.8, 4) is 0 Å². The molecule has 0 aromatic carbocycles. The number of hydrogen-bond donors (Lipinski definition) is 0. The number of likely N-dealkylation sites (tertiary alicyclic amines) is 1. The van der Waals surface area contributed by atoms with Gasteiger partial charge in [0.15, 0.2) is 0 Å². The SMILES string of the molecule is C[C@@H]1CN(C(=O)[C@@H]2C[C@@H]2c2cccnc2)C[C@@H]1N1CCOCC1. The second-order valence-electron chi connectivity index (χ2n) is 7.17. The molecule has 5 heteroatoms. The number of rotatable bonds is 3. The molecule has 0 spiro atoms. The molecule has 1 saturated carbocycles. The predicted molar refractivity (Wildman–Crippen MR) is 87.0 cm³/mol. The summed E-state index contributed by atoms with van der Waals surface area (Å²) in [5, 5.41) is 0. The summed E-state index contributed by atoms with van der Waals surface area (Å²) in [6.07, 6.45) is 4.68. The average Bonchev–Trinajstić information content (AvgIpc) is 3.31. The second kappa shape index (κ2) is 6.21. The molecule has 1 aromatic rings. The summed E-state index contributed by atoms with van der Waals surface area (Å²) in [7, 11) is 0. The number of nitrogens with zero attached hydrogens (tertiary/aromatic N) is 3. The van der Waals surface area contributed by atoms with E-state index in [4.69, 9.17) is 4.74 Å². The highest BCUT2D eigenvalue weighted by Gasteiger charge is 2.48. The van der Waals surface area contributed by atoms with Gasteiger partial charge in [-0.2, -0.15) is 0 Å². The minimum Gasteiger partial charge on any atom is -0.379 e. The molecule has 1 aromatic heterocycles. The van der Waals surface area contributed by atoms with Crippen molar-refractivity contribution < 1.29 is 9.53 Å². The lowest BCUT2D eigenvalue weighted by Crippen LogP contribution is -2.47. The maximum atomic E-state index is 12.8. The Balaban J connectivity index is 1.37. The molecule has 3 fully saturated rings. The Kier molecular flexibility index (Phi) is 4.07. The van der Waals surface area contributed by atoms with Gasteiger partial charge in [-0.3, -0.25) is 14.7 Å². The van der Waals surface area contributed by atoms with Gasteiger partial charge < -0.3 is 9.64 Å². The zero-order chi connectivity index (χ0) is 15.8. The van der Waals surface area contributed by atoms with E-state index >= 15 is 0 Å². The van der Waals surface area contributed by atoms with Gasteiger partial charge in [-0.1, -0.05) is 13.0 Å². The van der Waals surface area contributed by atoms with E-state index in [9.17, 15) is 4.79 Å². The Bertz CT molecular complexity index is 559. The highest BCUT2D eigenvalue weighted by molar-refractivity contribution is 5.83. The highest BCUT2D eigenvalue weighted by atomic mass is 16.5. The molecule has 0 N–H and O–H groups in total. The fourth-order valence-corrected chi connectivity index (χ4v) is 4.18. The first-order chi connectivity index (χ1) is 11.2. The second-order valence-corrected chi connectivity index (χ2v) is 7.17. The Hall–Kier alpha value is -1.46. The molecule has 4 atom stereocenters. The van der Waals surface area contributed by atoms with E-state index in [-0.39, 0.29) is 5.92 Å². The van der Waals surface area contributed by atoms with Crippen LogP contribution >= 0.6 is 0 Å². The smallest absolute Gasteiger partial charge is 0.226 e. The van der Waals surface area contributed by atoms with Crippen LogP contribution in [0.1, 0.15) is 24.8 Å². The van der Waals surface area contributed by atoms with E-state index in [1.54, 1.807) is 6.20 Å². The zero-order valence-electron chi connectivity index (χ0n) is 13.7. The first-order valence-corrected chi connectivity index (χ1v) is 8.74. The number of amides is 1. The summed E-state index contributed by atoms with van der Waals surface area (Å²) in [5.74, 6) is 1.46. The minimum atomic E-state index is 0.176. The van der Waals surface area contributed by atoms with Crippen molar-refractivity contribution in [2.45, 2.75) is 25.3 Å². The topological polar surface area (TPSA) is 45.7 Å². The quantitative estimate of drug-likeness (QED) is 0.845. The number of morpholine rings is 1. The number of hydrogen-bond acceptors (Lipinski definition) is 4. The maximum Gasteiger partial charge on any atom is 0.226 e. The van der Waals surface area contributed by atoms with Crippen LogP contribution in [-0.4, -0.2) is 66.1 Å². The number of carbonyl (C=O) groups is 1. The Labute approximate surface area is 137 Å². The minimum absolute atomic E-state index is 0.176. The number of ether oxygens (including phenoxy) is 1. The molecule has 0 unspecified atom stereocenters. The van der Waals surface area contributed by atoms with Crippen LogP contribution in [0.3, 0.4) is 0 Å². The van der Waals surface area contributed by atoms with Crippen molar-refractivity contribution in [3.63, 3.8) is 0 Å². The van der Waals surface area contributed by atoms with Crippen LogP contribution < -0.4 is 0 Å². The normalized spacial score (nSPS) is 34.6. The molecular formula is C18H25N3O2. The molecular weight excluding hydrogens is 290 g/mol. The van der Waals surface area contributed by atoms with E-state index in [1.165, 1.54) is 5.56 Å². The van der Waals surface area contributed by atoms with Gasteiger partial charge in [0.25, 0.3) is 0 Å². The predicted octanol–water partition coefficient (Wildman–Crippen LogP) is 1.36. The van der Waals surface area contributed by atoms with Crippen molar-refractivity contribution in [1.29, 1.82) is 0 Å². The van der Waals surface area contributed by atoms with Crippen LogP contribution in [0.15, 0.2) is 24.5 Å². The van der Waals surface area contributed by atoms with E-state index in [0.29, 0.717) is 23.8 Å². The largest absolute Gasteiger partial charge is 0.379 e. The third kappa shape index (κ3) is 3.00. The van der Waals surface area contributed by atoms with Crippen molar-refractivity contribution in [3.05, 3.63) is 30.1 Å². The van der Waals surface area contributed by atoms with Crippen LogP contribution in [0.5, 0.6) is 0 Å². The van der Waals surface area contributed by atoms with Crippen molar-refractivity contribution in [2.24, 2.45) is 11.8 Å². The molecule has 2 saturated heterocycles. The van der Waals surface area contributed by atoms with E-state index in [0.717, 1.165) is 45.8 Å². The number of pyridine rings is 1. The molecule has 3 heterocycles. The van der Waals surface area contributed by atoms with Crippen LogP contribution in [-0.2, 0) is 9.53 Å². The van der Waals surface area contributed by atoms with Crippen molar-refractivity contribution >= 4 is 5.91 Å². The summed E-state index contributed by atoms with van der Waals surface area (Å²) < 4.78 is 5.45. The summed E-state index contributed by atoms with van der Waals surface area (Å²) in [4.78, 5) is 21.6. The molecule has 1 amide bonds. The first-order valence-electron chi connectivity index (χ1n) is 8.74.